The third-order valence-electron chi connectivity index (χ3n) is 2.75. The molecule has 1 heterocycles. The normalized spacial score (nSPS) is 16.4. The zero-order valence-electron chi connectivity index (χ0n) is 9.25. The summed E-state index contributed by atoms with van der Waals surface area (Å²) in [6.07, 6.45) is 0.886. The molecule has 0 radical (unpaired) electrons. The molecule has 1 saturated heterocycles. The smallest absolute Gasteiger partial charge is 0.161 e. The summed E-state index contributed by atoms with van der Waals surface area (Å²) in [6.45, 7) is 2.77. The molecule has 90 valence electrons. The van der Waals surface area contributed by atoms with E-state index in [9.17, 15) is 4.39 Å². The van der Waals surface area contributed by atoms with Crippen molar-refractivity contribution in [3.63, 3.8) is 0 Å². The Morgan fingerprint density at radius 3 is 2.94 bits per heavy atom. The zero-order valence-corrected chi connectivity index (χ0v) is 10.8. The van der Waals surface area contributed by atoms with Gasteiger partial charge in [0.15, 0.2) is 5.82 Å². The lowest BCUT2D eigenvalue weighted by Crippen LogP contribution is -2.26. The molecular weight excluding hydrogens is 287 g/mol. The van der Waals surface area contributed by atoms with Gasteiger partial charge in [0.1, 0.15) is 6.07 Å². The summed E-state index contributed by atoms with van der Waals surface area (Å²) >= 11 is 3.12. The Kier molecular flexibility index (Phi) is 3.97. The van der Waals surface area contributed by atoms with Crippen LogP contribution in [0.1, 0.15) is 12.0 Å². The number of nitrogens with zero attached hydrogens (tertiary/aromatic N) is 2. The summed E-state index contributed by atoms with van der Waals surface area (Å²) in [4.78, 5) is 1.95. The van der Waals surface area contributed by atoms with Crippen molar-refractivity contribution in [1.29, 1.82) is 5.26 Å². The van der Waals surface area contributed by atoms with Crippen LogP contribution in [0.5, 0.6) is 0 Å². The Labute approximate surface area is 108 Å². The van der Waals surface area contributed by atoms with Crippen LogP contribution in [0.3, 0.4) is 0 Å². The van der Waals surface area contributed by atoms with Crippen molar-refractivity contribution in [3.05, 3.63) is 28.0 Å². The Bertz CT molecular complexity index is 451. The van der Waals surface area contributed by atoms with E-state index >= 15 is 0 Å². The Morgan fingerprint density at radius 2 is 2.18 bits per heavy atom. The van der Waals surface area contributed by atoms with E-state index < -0.39 is 0 Å². The molecule has 17 heavy (non-hydrogen) atoms. The van der Waals surface area contributed by atoms with Crippen molar-refractivity contribution in [2.24, 2.45) is 0 Å². The minimum Gasteiger partial charge on any atom is -0.380 e. The molecule has 1 aliphatic rings. The van der Waals surface area contributed by atoms with Crippen LogP contribution in [-0.2, 0) is 4.74 Å². The summed E-state index contributed by atoms with van der Waals surface area (Å²) in [6, 6.07) is 5.24. The first-order chi connectivity index (χ1) is 8.24. The quantitative estimate of drug-likeness (QED) is 0.800. The van der Waals surface area contributed by atoms with E-state index in [0.717, 1.165) is 19.6 Å². The average Bonchev–Trinajstić information content (AvgIpc) is 2.61. The van der Waals surface area contributed by atoms with Crippen LogP contribution >= 0.6 is 15.9 Å². The zero-order chi connectivity index (χ0) is 12.3. The lowest BCUT2D eigenvalue weighted by molar-refractivity contribution is 0.152. The van der Waals surface area contributed by atoms with E-state index in [1.54, 1.807) is 12.1 Å². The van der Waals surface area contributed by atoms with Crippen molar-refractivity contribution in [1.82, 2.24) is 0 Å². The summed E-state index contributed by atoms with van der Waals surface area (Å²) in [5.41, 5.74) is 0.846. The third-order valence-corrected chi connectivity index (χ3v) is 3.52. The maximum Gasteiger partial charge on any atom is 0.161 e. The van der Waals surface area contributed by atoms with Gasteiger partial charge in [0.2, 0.25) is 0 Å². The molecule has 0 saturated carbocycles. The molecule has 0 amide bonds. The molecule has 0 spiro atoms. The molecule has 3 nitrogen and oxygen atoms in total. The summed E-state index contributed by atoms with van der Waals surface area (Å²) in [5, 5.41) is 8.81. The summed E-state index contributed by atoms with van der Waals surface area (Å²) in [7, 11) is 0. The highest BCUT2D eigenvalue weighted by Crippen LogP contribution is 2.29. The molecule has 5 heteroatoms. The van der Waals surface area contributed by atoms with Crippen LogP contribution in [-0.4, -0.2) is 26.3 Å². The summed E-state index contributed by atoms with van der Waals surface area (Å²) < 4.78 is 19.7. The van der Waals surface area contributed by atoms with E-state index in [1.165, 1.54) is 0 Å². The number of ether oxygens (including phenoxy) is 1. The Hall–Kier alpha value is -1.12. The molecule has 0 aromatic heterocycles. The monoisotopic (exact) mass is 298 g/mol. The number of benzene rings is 1. The molecule has 0 atom stereocenters. The van der Waals surface area contributed by atoms with Crippen LogP contribution in [0.2, 0.25) is 0 Å². The molecule has 0 bridgehead atoms. The van der Waals surface area contributed by atoms with Gasteiger partial charge in [-0.2, -0.15) is 5.26 Å². The molecule has 1 aromatic carbocycles. The molecule has 0 unspecified atom stereocenters. The number of anilines is 1. The second-order valence-electron chi connectivity index (χ2n) is 3.82. The molecule has 0 aliphatic carbocycles. The Morgan fingerprint density at radius 1 is 1.35 bits per heavy atom. The van der Waals surface area contributed by atoms with Crippen molar-refractivity contribution in [2.75, 3.05) is 31.2 Å². The lowest BCUT2D eigenvalue weighted by Gasteiger charge is -2.23. The Balaban J connectivity index is 2.32. The topological polar surface area (TPSA) is 36.3 Å². The van der Waals surface area contributed by atoms with Crippen LogP contribution in [0.25, 0.3) is 0 Å². The van der Waals surface area contributed by atoms with E-state index in [4.69, 9.17) is 10.00 Å². The molecule has 0 N–H and O–H groups in total. The van der Waals surface area contributed by atoms with Crippen LogP contribution in [0.15, 0.2) is 16.6 Å². The first-order valence-electron chi connectivity index (χ1n) is 5.45. The second-order valence-corrected chi connectivity index (χ2v) is 4.62. The largest absolute Gasteiger partial charge is 0.380 e. The second kappa shape index (κ2) is 5.48. The van der Waals surface area contributed by atoms with Crippen LogP contribution in [0.4, 0.5) is 10.1 Å². The minimum atomic E-state index is -0.369. The fraction of sp³-hybridized carbons (Fsp3) is 0.417. The fourth-order valence-corrected chi connectivity index (χ4v) is 2.28. The summed E-state index contributed by atoms with van der Waals surface area (Å²) in [5.74, 6) is -0.369. The fourth-order valence-electron chi connectivity index (χ4n) is 1.86. The molecular formula is C12H12BrFN2O. The van der Waals surface area contributed by atoms with Crippen molar-refractivity contribution in [2.45, 2.75) is 6.42 Å². The van der Waals surface area contributed by atoms with Gasteiger partial charge < -0.3 is 9.64 Å². The molecule has 1 aliphatic heterocycles. The highest BCUT2D eigenvalue weighted by molar-refractivity contribution is 9.10. The minimum absolute atomic E-state index is 0.239. The van der Waals surface area contributed by atoms with Crippen molar-refractivity contribution < 1.29 is 9.13 Å². The van der Waals surface area contributed by atoms with Gasteiger partial charge in [0, 0.05) is 19.7 Å². The van der Waals surface area contributed by atoms with Gasteiger partial charge in [-0.05, 0) is 34.5 Å². The van der Waals surface area contributed by atoms with E-state index in [2.05, 4.69) is 15.9 Å². The third kappa shape index (κ3) is 2.59. The van der Waals surface area contributed by atoms with Gasteiger partial charge in [-0.15, -0.1) is 0 Å². The predicted molar refractivity (Wildman–Crippen MR) is 66.5 cm³/mol. The number of hydrogen-bond acceptors (Lipinski definition) is 3. The van der Waals surface area contributed by atoms with Crippen molar-refractivity contribution in [3.8, 4) is 6.07 Å². The number of rotatable bonds is 1. The molecule has 1 fully saturated rings. The van der Waals surface area contributed by atoms with E-state index in [1.807, 2.05) is 11.0 Å². The predicted octanol–water partition coefficient (Wildman–Crippen LogP) is 2.69. The van der Waals surface area contributed by atoms with Crippen LogP contribution in [0, 0.1) is 17.1 Å². The number of halogens is 2. The van der Waals surface area contributed by atoms with Gasteiger partial charge >= 0.3 is 0 Å². The first kappa shape index (κ1) is 12.3. The standard InChI is InChI=1S/C12H12BrFN2O/c13-11-9(8-15)2-3-10(12(11)14)16-4-1-6-17-7-5-16/h2-3H,1,4-7H2. The highest BCUT2D eigenvalue weighted by Gasteiger charge is 2.17. The highest BCUT2D eigenvalue weighted by atomic mass is 79.9. The van der Waals surface area contributed by atoms with E-state index in [-0.39, 0.29) is 10.3 Å². The molecule has 1 aromatic rings. The van der Waals surface area contributed by atoms with Crippen molar-refractivity contribution >= 4 is 21.6 Å². The number of nitriles is 1. The number of hydrogen-bond donors (Lipinski definition) is 0. The van der Waals surface area contributed by atoms with Gasteiger partial charge in [-0.3, -0.25) is 0 Å². The first-order valence-corrected chi connectivity index (χ1v) is 6.24. The van der Waals surface area contributed by atoms with Gasteiger partial charge in [-0.1, -0.05) is 0 Å². The van der Waals surface area contributed by atoms with Gasteiger partial charge in [-0.25, -0.2) is 4.39 Å². The maximum atomic E-state index is 14.1. The SMILES string of the molecule is N#Cc1ccc(N2CCCOCC2)c(F)c1Br. The lowest BCUT2D eigenvalue weighted by atomic mass is 10.2. The van der Waals surface area contributed by atoms with Crippen LogP contribution < -0.4 is 4.90 Å². The van der Waals surface area contributed by atoms with Gasteiger partial charge in [0.05, 0.1) is 22.3 Å². The average molecular weight is 299 g/mol. The maximum absolute atomic E-state index is 14.1. The van der Waals surface area contributed by atoms with E-state index in [0.29, 0.717) is 24.4 Å². The van der Waals surface area contributed by atoms with Gasteiger partial charge in [0.25, 0.3) is 0 Å². The molecule has 2 rings (SSSR count).